The fraction of sp³-hybridized carbons (Fsp3) is 0.923. The molecule has 0 radical (unpaired) electrons. The van der Waals surface area contributed by atoms with E-state index in [0.29, 0.717) is 6.04 Å². The lowest BCUT2D eigenvalue weighted by Crippen LogP contribution is -2.44. The van der Waals surface area contributed by atoms with Gasteiger partial charge in [-0.15, -0.1) is 0 Å². The fourth-order valence-electron chi connectivity index (χ4n) is 2.48. The van der Waals surface area contributed by atoms with Crippen molar-refractivity contribution in [2.75, 3.05) is 26.2 Å². The number of hydrogen-bond donors (Lipinski definition) is 2. The molecule has 1 saturated heterocycles. The SMILES string of the molecule is CC(=O)NC1CCN(CCCNC2CC2)CC1. The van der Waals surface area contributed by atoms with E-state index in [4.69, 9.17) is 0 Å². The van der Waals surface area contributed by atoms with Crippen molar-refractivity contribution in [2.24, 2.45) is 0 Å². The molecule has 0 bridgehead atoms. The first-order valence-corrected chi connectivity index (χ1v) is 6.97. The zero-order valence-electron chi connectivity index (χ0n) is 10.9. The Labute approximate surface area is 104 Å². The molecule has 4 nitrogen and oxygen atoms in total. The van der Waals surface area contributed by atoms with Gasteiger partial charge in [-0.1, -0.05) is 0 Å². The van der Waals surface area contributed by atoms with E-state index in [1.165, 1.54) is 25.8 Å². The highest BCUT2D eigenvalue weighted by atomic mass is 16.1. The third-order valence-corrected chi connectivity index (χ3v) is 3.66. The molecule has 0 aromatic heterocycles. The maximum atomic E-state index is 10.9. The van der Waals surface area contributed by atoms with Crippen molar-refractivity contribution < 1.29 is 4.79 Å². The zero-order valence-corrected chi connectivity index (χ0v) is 10.9. The molecule has 0 aromatic carbocycles. The van der Waals surface area contributed by atoms with E-state index in [1.807, 2.05) is 0 Å². The second-order valence-electron chi connectivity index (χ2n) is 5.40. The van der Waals surface area contributed by atoms with Gasteiger partial charge in [-0.25, -0.2) is 0 Å². The summed E-state index contributed by atoms with van der Waals surface area (Å²) in [4.78, 5) is 13.5. The van der Waals surface area contributed by atoms with Gasteiger partial charge in [-0.3, -0.25) is 4.79 Å². The van der Waals surface area contributed by atoms with Gasteiger partial charge in [0, 0.05) is 32.1 Å². The van der Waals surface area contributed by atoms with Crippen molar-refractivity contribution in [1.29, 1.82) is 0 Å². The van der Waals surface area contributed by atoms with Gasteiger partial charge in [0.25, 0.3) is 0 Å². The van der Waals surface area contributed by atoms with Gasteiger partial charge in [0.1, 0.15) is 0 Å². The average molecular weight is 239 g/mol. The molecular weight excluding hydrogens is 214 g/mol. The second kappa shape index (κ2) is 6.36. The number of rotatable bonds is 6. The Balaban J connectivity index is 1.50. The van der Waals surface area contributed by atoms with E-state index in [-0.39, 0.29) is 5.91 Å². The van der Waals surface area contributed by atoms with Crippen molar-refractivity contribution >= 4 is 5.91 Å². The molecule has 2 N–H and O–H groups in total. The Morgan fingerprint density at radius 1 is 1.18 bits per heavy atom. The summed E-state index contributed by atoms with van der Waals surface area (Å²) >= 11 is 0. The summed E-state index contributed by atoms with van der Waals surface area (Å²) in [5.41, 5.74) is 0. The minimum absolute atomic E-state index is 0.108. The minimum Gasteiger partial charge on any atom is -0.354 e. The summed E-state index contributed by atoms with van der Waals surface area (Å²) in [6.07, 6.45) is 6.22. The molecule has 1 heterocycles. The highest BCUT2D eigenvalue weighted by Crippen LogP contribution is 2.18. The first-order chi connectivity index (χ1) is 8.24. The molecule has 1 amide bonds. The van der Waals surface area contributed by atoms with Crippen LogP contribution < -0.4 is 10.6 Å². The third-order valence-electron chi connectivity index (χ3n) is 3.66. The van der Waals surface area contributed by atoms with Crippen LogP contribution in [-0.4, -0.2) is 49.1 Å². The molecule has 0 aromatic rings. The molecule has 0 unspecified atom stereocenters. The van der Waals surface area contributed by atoms with Gasteiger partial charge in [0.05, 0.1) is 0 Å². The van der Waals surface area contributed by atoms with Gasteiger partial charge >= 0.3 is 0 Å². The van der Waals surface area contributed by atoms with E-state index >= 15 is 0 Å². The number of amides is 1. The van der Waals surface area contributed by atoms with Crippen LogP contribution in [0.1, 0.15) is 39.0 Å². The molecule has 1 saturated carbocycles. The molecular formula is C13H25N3O. The highest BCUT2D eigenvalue weighted by Gasteiger charge is 2.21. The van der Waals surface area contributed by atoms with E-state index in [0.717, 1.165) is 38.5 Å². The van der Waals surface area contributed by atoms with Gasteiger partial charge in [-0.05, 0) is 45.2 Å². The van der Waals surface area contributed by atoms with E-state index in [2.05, 4.69) is 15.5 Å². The lowest BCUT2D eigenvalue weighted by Gasteiger charge is -2.32. The van der Waals surface area contributed by atoms with Crippen LogP contribution in [0.25, 0.3) is 0 Å². The van der Waals surface area contributed by atoms with Crippen LogP contribution in [0.15, 0.2) is 0 Å². The Hall–Kier alpha value is -0.610. The van der Waals surface area contributed by atoms with Gasteiger partial charge in [-0.2, -0.15) is 0 Å². The van der Waals surface area contributed by atoms with Crippen LogP contribution in [0.2, 0.25) is 0 Å². The molecule has 1 aliphatic heterocycles. The number of likely N-dealkylation sites (tertiary alicyclic amines) is 1. The number of carbonyl (C=O) groups is 1. The molecule has 4 heteroatoms. The van der Waals surface area contributed by atoms with Gasteiger partial charge in [0.2, 0.25) is 5.91 Å². The quantitative estimate of drug-likeness (QED) is 0.672. The monoisotopic (exact) mass is 239 g/mol. The Kier molecular flexibility index (Phi) is 4.80. The zero-order chi connectivity index (χ0) is 12.1. The molecule has 2 aliphatic rings. The lowest BCUT2D eigenvalue weighted by molar-refractivity contribution is -0.119. The van der Waals surface area contributed by atoms with E-state index in [1.54, 1.807) is 6.92 Å². The summed E-state index contributed by atoms with van der Waals surface area (Å²) in [5, 5.41) is 6.56. The second-order valence-corrected chi connectivity index (χ2v) is 5.40. The van der Waals surface area contributed by atoms with Crippen LogP contribution in [-0.2, 0) is 4.79 Å². The number of carbonyl (C=O) groups excluding carboxylic acids is 1. The predicted molar refractivity (Wildman–Crippen MR) is 68.9 cm³/mol. The van der Waals surface area contributed by atoms with E-state index in [9.17, 15) is 4.79 Å². The molecule has 2 rings (SSSR count). The standard InChI is InChI=1S/C13H25N3O/c1-11(17)15-13-5-9-16(10-6-13)8-2-7-14-12-3-4-12/h12-14H,2-10H2,1H3,(H,15,17). The van der Waals surface area contributed by atoms with Gasteiger partial charge < -0.3 is 15.5 Å². The summed E-state index contributed by atoms with van der Waals surface area (Å²) in [7, 11) is 0. The Bertz CT molecular complexity index is 245. The highest BCUT2D eigenvalue weighted by molar-refractivity contribution is 5.73. The lowest BCUT2D eigenvalue weighted by atomic mass is 10.0. The van der Waals surface area contributed by atoms with Crippen LogP contribution >= 0.6 is 0 Å². The topological polar surface area (TPSA) is 44.4 Å². The Morgan fingerprint density at radius 2 is 1.88 bits per heavy atom. The summed E-state index contributed by atoms with van der Waals surface area (Å²) in [6.45, 7) is 6.24. The molecule has 1 aliphatic carbocycles. The van der Waals surface area contributed by atoms with Crippen molar-refractivity contribution in [2.45, 2.75) is 51.1 Å². The average Bonchev–Trinajstić information content (AvgIpc) is 3.10. The van der Waals surface area contributed by atoms with Crippen molar-refractivity contribution in [3.63, 3.8) is 0 Å². The number of nitrogens with one attached hydrogen (secondary N) is 2. The predicted octanol–water partition coefficient (Wildman–Crippen LogP) is 0.729. The summed E-state index contributed by atoms with van der Waals surface area (Å²) in [6, 6.07) is 1.24. The third kappa shape index (κ3) is 5.04. The maximum absolute atomic E-state index is 10.9. The first-order valence-electron chi connectivity index (χ1n) is 6.97. The van der Waals surface area contributed by atoms with Crippen LogP contribution in [0, 0.1) is 0 Å². The summed E-state index contributed by atoms with van der Waals surface area (Å²) < 4.78 is 0. The normalized spacial score (nSPS) is 22.6. The van der Waals surface area contributed by atoms with Crippen LogP contribution in [0.4, 0.5) is 0 Å². The van der Waals surface area contributed by atoms with Crippen LogP contribution in [0.3, 0.4) is 0 Å². The first kappa shape index (κ1) is 12.8. The largest absolute Gasteiger partial charge is 0.354 e. The van der Waals surface area contributed by atoms with Crippen molar-refractivity contribution in [3.05, 3.63) is 0 Å². The molecule has 98 valence electrons. The van der Waals surface area contributed by atoms with Crippen LogP contribution in [0.5, 0.6) is 0 Å². The summed E-state index contributed by atoms with van der Waals surface area (Å²) in [5.74, 6) is 0.108. The Morgan fingerprint density at radius 3 is 2.47 bits per heavy atom. The molecule has 17 heavy (non-hydrogen) atoms. The maximum Gasteiger partial charge on any atom is 0.217 e. The minimum atomic E-state index is 0.108. The smallest absolute Gasteiger partial charge is 0.217 e. The van der Waals surface area contributed by atoms with Crippen molar-refractivity contribution in [1.82, 2.24) is 15.5 Å². The van der Waals surface area contributed by atoms with Gasteiger partial charge in [0.15, 0.2) is 0 Å². The number of piperidine rings is 1. The molecule has 0 atom stereocenters. The molecule has 0 spiro atoms. The molecule has 2 fully saturated rings. The fourth-order valence-corrected chi connectivity index (χ4v) is 2.48. The number of nitrogens with zero attached hydrogens (tertiary/aromatic N) is 1. The van der Waals surface area contributed by atoms with E-state index < -0.39 is 0 Å². The van der Waals surface area contributed by atoms with Crippen molar-refractivity contribution in [3.8, 4) is 0 Å². The number of hydrogen-bond acceptors (Lipinski definition) is 3.